The fourth-order valence-corrected chi connectivity index (χ4v) is 3.78. The van der Waals surface area contributed by atoms with Crippen molar-refractivity contribution in [2.24, 2.45) is 5.92 Å². The molecule has 0 bridgehead atoms. The van der Waals surface area contributed by atoms with Crippen molar-refractivity contribution in [3.8, 4) is 5.75 Å². The normalized spacial score (nSPS) is 15.9. The van der Waals surface area contributed by atoms with Crippen LogP contribution in [-0.2, 0) is 9.59 Å². The van der Waals surface area contributed by atoms with Gasteiger partial charge in [-0.15, -0.1) is 0 Å². The Morgan fingerprint density at radius 3 is 2.56 bits per heavy atom. The molecule has 1 N–H and O–H groups in total. The first-order valence-electron chi connectivity index (χ1n) is 10.7. The van der Waals surface area contributed by atoms with Crippen LogP contribution >= 0.6 is 0 Å². The average molecular weight is 620 g/mol. The van der Waals surface area contributed by atoms with Gasteiger partial charge in [0, 0.05) is 0 Å². The van der Waals surface area contributed by atoms with E-state index >= 15 is 0 Å². The zero-order valence-corrected chi connectivity index (χ0v) is 23.0. The van der Waals surface area contributed by atoms with E-state index in [0.29, 0.717) is 18.2 Å². The summed E-state index contributed by atoms with van der Waals surface area (Å²) in [4.78, 5) is 25.6. The molecule has 2 amide bonds. The van der Waals surface area contributed by atoms with E-state index in [1.807, 2.05) is 30.3 Å². The SMILES string of the molecule is C=Cc1c(/C=C2/C(=O)NN(c3ccccc3)C2=O)ccc(OC[CH2][Tl])c1/C=C\C(C)CC. The second-order valence-corrected chi connectivity index (χ2v) is 9.79. The first kappa shape index (κ1) is 24.0. The zero-order chi connectivity index (χ0) is 23.1. The maximum atomic E-state index is 13.0. The second kappa shape index (κ2) is 11.3. The van der Waals surface area contributed by atoms with Crippen molar-refractivity contribution in [1.82, 2.24) is 5.43 Å². The topological polar surface area (TPSA) is 58.6 Å². The second-order valence-electron chi connectivity index (χ2n) is 7.54. The molecular weight excluding hydrogens is 593 g/mol. The minimum atomic E-state index is -0.428. The molecule has 1 heterocycles. The Balaban J connectivity index is 2.04. The Morgan fingerprint density at radius 1 is 1.16 bits per heavy atom. The molecule has 0 aromatic heterocycles. The first-order chi connectivity index (χ1) is 15.5. The molecule has 1 aliphatic rings. The number of hydrogen-bond donors (Lipinski definition) is 1. The molecule has 162 valence electrons. The van der Waals surface area contributed by atoms with Gasteiger partial charge in [0.25, 0.3) is 0 Å². The molecule has 2 aromatic rings. The molecule has 1 atom stereocenters. The van der Waals surface area contributed by atoms with E-state index in [9.17, 15) is 9.59 Å². The van der Waals surface area contributed by atoms with Gasteiger partial charge in [0.2, 0.25) is 0 Å². The van der Waals surface area contributed by atoms with Crippen molar-refractivity contribution in [1.29, 1.82) is 0 Å². The summed E-state index contributed by atoms with van der Waals surface area (Å²) in [6.07, 6.45) is 8.63. The van der Waals surface area contributed by atoms with Gasteiger partial charge < -0.3 is 0 Å². The van der Waals surface area contributed by atoms with Crippen LogP contribution in [0, 0.1) is 5.92 Å². The van der Waals surface area contributed by atoms with Crippen molar-refractivity contribution in [3.63, 3.8) is 0 Å². The molecule has 0 saturated carbocycles. The molecular formula is C26H27N2O3Tl. The van der Waals surface area contributed by atoms with Crippen LogP contribution < -0.4 is 15.2 Å². The van der Waals surface area contributed by atoms with Crippen LogP contribution in [0.15, 0.2) is 60.7 Å². The number of para-hydroxylation sites is 1. The minimum absolute atomic E-state index is 0.0863. The predicted molar refractivity (Wildman–Crippen MR) is 131 cm³/mol. The number of allylic oxidation sites excluding steroid dienone is 1. The molecule has 0 radical (unpaired) electrons. The third-order valence-electron chi connectivity index (χ3n) is 5.30. The molecule has 0 aliphatic carbocycles. The molecule has 3 rings (SSSR count). The van der Waals surface area contributed by atoms with Crippen LogP contribution in [0.2, 0.25) is 3.98 Å². The van der Waals surface area contributed by atoms with E-state index in [4.69, 9.17) is 4.74 Å². The molecule has 0 spiro atoms. The molecule has 1 unspecified atom stereocenters. The van der Waals surface area contributed by atoms with Crippen LogP contribution in [0.25, 0.3) is 18.2 Å². The molecule has 32 heavy (non-hydrogen) atoms. The molecule has 6 heteroatoms. The van der Waals surface area contributed by atoms with Crippen LogP contribution in [-0.4, -0.2) is 44.2 Å². The van der Waals surface area contributed by atoms with Crippen LogP contribution in [0.3, 0.4) is 0 Å². The van der Waals surface area contributed by atoms with Crippen molar-refractivity contribution in [2.75, 3.05) is 11.6 Å². The number of nitrogens with one attached hydrogen (secondary N) is 1. The van der Waals surface area contributed by atoms with E-state index in [2.05, 4.69) is 38.0 Å². The number of nitrogens with zero attached hydrogens (tertiary/aromatic N) is 1. The number of hydrazine groups is 1. The Hall–Kier alpha value is -2.68. The van der Waals surface area contributed by atoms with Gasteiger partial charge in [-0.25, -0.2) is 0 Å². The Kier molecular flexibility index (Phi) is 8.44. The maximum absolute atomic E-state index is 13.0. The van der Waals surface area contributed by atoms with Gasteiger partial charge in [0.1, 0.15) is 0 Å². The summed E-state index contributed by atoms with van der Waals surface area (Å²) in [5.41, 5.74) is 5.85. The molecule has 1 saturated heterocycles. The van der Waals surface area contributed by atoms with E-state index in [-0.39, 0.29) is 11.5 Å². The van der Waals surface area contributed by atoms with Gasteiger partial charge in [-0.05, 0) is 12.1 Å². The van der Waals surface area contributed by atoms with Crippen LogP contribution in [0.1, 0.15) is 37.0 Å². The van der Waals surface area contributed by atoms with Crippen molar-refractivity contribution in [2.45, 2.75) is 24.2 Å². The number of carbonyl (C=O) groups excluding carboxylic acids is 2. The van der Waals surface area contributed by atoms with Crippen LogP contribution in [0.4, 0.5) is 5.69 Å². The molecule has 2 aromatic carbocycles. The molecule has 1 aliphatic heterocycles. The predicted octanol–water partition coefficient (Wildman–Crippen LogP) is 4.82. The number of hydrogen-bond acceptors (Lipinski definition) is 3. The summed E-state index contributed by atoms with van der Waals surface area (Å²) < 4.78 is 7.07. The molecule has 1 fully saturated rings. The summed E-state index contributed by atoms with van der Waals surface area (Å²) in [6.45, 7) is 8.98. The summed E-state index contributed by atoms with van der Waals surface area (Å²) in [5.74, 6) is 0.396. The van der Waals surface area contributed by atoms with E-state index in [0.717, 1.165) is 58.6 Å². The number of ether oxygens (including phenoxy) is 1. The third-order valence-corrected chi connectivity index (χ3v) is 6.22. The number of anilines is 1. The summed E-state index contributed by atoms with van der Waals surface area (Å²) in [6, 6.07) is 12.8. The third kappa shape index (κ3) is 5.38. The van der Waals surface area contributed by atoms with E-state index in [1.165, 1.54) is 5.01 Å². The summed E-state index contributed by atoms with van der Waals surface area (Å²) in [7, 11) is 0. The van der Waals surface area contributed by atoms with E-state index in [1.54, 1.807) is 24.3 Å². The van der Waals surface area contributed by atoms with Crippen molar-refractivity contribution >= 4 is 61.5 Å². The van der Waals surface area contributed by atoms with Gasteiger partial charge in [0.05, 0.1) is 0 Å². The Labute approximate surface area is 205 Å². The van der Waals surface area contributed by atoms with Gasteiger partial charge >= 0.3 is 176 Å². The standard InChI is InChI=1S/C26H27N2O3.Tl/c1-5-18(4)13-15-22-21(6-2)19(14-16-24(22)31-7-3)17-23-25(29)27-28(26(23)30)20-11-9-8-10-12-20;/h6,8-18H,2-3,5,7H2,1,4H3,(H,27,29);/b15-13-,23-17-;. The monoisotopic (exact) mass is 620 g/mol. The number of carbonyl (C=O) groups is 2. The van der Waals surface area contributed by atoms with Gasteiger partial charge in [-0.1, -0.05) is 18.2 Å². The fourth-order valence-electron chi connectivity index (χ4n) is 3.32. The quantitative estimate of drug-likeness (QED) is 0.249. The van der Waals surface area contributed by atoms with Gasteiger partial charge in [-0.3, -0.25) is 0 Å². The number of rotatable bonds is 9. The molecule has 5 nitrogen and oxygen atoms in total. The summed E-state index contributed by atoms with van der Waals surface area (Å²) >= 11 is 0.876. The van der Waals surface area contributed by atoms with Gasteiger partial charge in [0.15, 0.2) is 0 Å². The Bertz CT molecular complexity index is 1060. The number of benzene rings is 2. The van der Waals surface area contributed by atoms with Gasteiger partial charge in [-0.2, -0.15) is 0 Å². The first-order valence-corrected chi connectivity index (χ1v) is 13.9. The number of amides is 2. The Morgan fingerprint density at radius 2 is 1.91 bits per heavy atom. The summed E-state index contributed by atoms with van der Waals surface area (Å²) in [5, 5.41) is 1.27. The van der Waals surface area contributed by atoms with Crippen molar-refractivity contribution in [3.05, 3.63) is 77.4 Å². The average Bonchev–Trinajstić information content (AvgIpc) is 3.10. The zero-order valence-electron chi connectivity index (χ0n) is 18.5. The van der Waals surface area contributed by atoms with Crippen molar-refractivity contribution < 1.29 is 14.3 Å². The van der Waals surface area contributed by atoms with E-state index < -0.39 is 5.91 Å². The fraction of sp³-hybridized carbons (Fsp3) is 0.231. The van der Waals surface area contributed by atoms with Crippen LogP contribution in [0.5, 0.6) is 5.75 Å².